The van der Waals surface area contributed by atoms with Gasteiger partial charge < -0.3 is 31.3 Å². The van der Waals surface area contributed by atoms with Crippen molar-refractivity contribution >= 4 is 50.9 Å². The van der Waals surface area contributed by atoms with Crippen LogP contribution in [0.4, 0.5) is 20.6 Å². The molecule has 1 aliphatic rings. The lowest BCUT2D eigenvalue weighted by Gasteiger charge is -2.32. The molecule has 3 unspecified atom stereocenters. The minimum atomic E-state index is -4.34. The van der Waals surface area contributed by atoms with Crippen LogP contribution in [0, 0.1) is 11.7 Å². The number of anilines is 2. The fourth-order valence-electron chi connectivity index (χ4n) is 5.64. The molecule has 3 aromatic rings. The number of hydrogen-bond acceptors (Lipinski definition) is 7. The van der Waals surface area contributed by atoms with E-state index in [0.29, 0.717) is 11.3 Å². The van der Waals surface area contributed by atoms with E-state index in [9.17, 15) is 32.4 Å². The number of benzene rings is 3. The molecule has 13 nitrogen and oxygen atoms in total. The van der Waals surface area contributed by atoms with Crippen molar-refractivity contribution in [2.75, 3.05) is 23.7 Å². The zero-order valence-corrected chi connectivity index (χ0v) is 27.9. The lowest BCUT2D eigenvalue weighted by molar-refractivity contribution is -0.139. The lowest BCUT2D eigenvalue weighted by atomic mass is 10.0. The fourth-order valence-corrected chi connectivity index (χ4v) is 7.56. The van der Waals surface area contributed by atoms with Gasteiger partial charge in [-0.25, -0.2) is 17.6 Å². The molecule has 5 N–H and O–H groups in total. The Bertz CT molecular complexity index is 1830. The van der Waals surface area contributed by atoms with Crippen LogP contribution >= 0.6 is 0 Å². The second-order valence-corrected chi connectivity index (χ2v) is 14.2. The summed E-state index contributed by atoms with van der Waals surface area (Å²) in [5.74, 6) is -3.66. The number of sulfone groups is 1. The number of aliphatic carboxylic acids is 1. The van der Waals surface area contributed by atoms with Gasteiger partial charge in [-0.2, -0.15) is 0 Å². The number of likely N-dealkylation sites (tertiary alicyclic amines) is 1. The van der Waals surface area contributed by atoms with Gasteiger partial charge in [0, 0.05) is 30.4 Å². The standard InChI is InChI=1S/C34H38FN5O8S/c1-20(2)18-36-33(45)28-17-29(49(47,48)25-13-11-23(12-14-25)38-21(3)41)32(26-9-4-5-10-27(26)35)40(28)30(42)19-37-34(46)39-24-8-6-7-22(15-24)16-31(43)44/h4-15,20,28-29,32H,16-19H2,1-3H3,(H,36,45)(H,38,41)(H,43,44)(H2,37,39,46). The highest BCUT2D eigenvalue weighted by Crippen LogP contribution is 2.43. The van der Waals surface area contributed by atoms with Gasteiger partial charge in [-0.1, -0.05) is 44.2 Å². The van der Waals surface area contributed by atoms with Crippen LogP contribution in [-0.4, -0.2) is 72.5 Å². The SMILES string of the molecule is CC(=O)Nc1ccc(S(=O)(=O)C2CC(C(=O)NCC(C)C)N(C(=O)CNC(=O)Nc3cccc(CC(=O)O)c3)C2c2ccccc2F)cc1. The first-order valence-corrected chi connectivity index (χ1v) is 17.0. The smallest absolute Gasteiger partial charge is 0.319 e. The molecule has 0 bridgehead atoms. The van der Waals surface area contributed by atoms with Crippen LogP contribution in [0.3, 0.4) is 0 Å². The van der Waals surface area contributed by atoms with Crippen molar-refractivity contribution in [3.8, 4) is 0 Å². The quantitative estimate of drug-likeness (QED) is 0.190. The minimum absolute atomic E-state index is 0.0258. The highest BCUT2D eigenvalue weighted by molar-refractivity contribution is 7.92. The minimum Gasteiger partial charge on any atom is -0.481 e. The molecule has 0 aliphatic carbocycles. The maximum atomic E-state index is 15.5. The van der Waals surface area contributed by atoms with E-state index in [1.54, 1.807) is 12.1 Å². The Hall–Kier alpha value is -5.31. The number of halogens is 1. The zero-order valence-electron chi connectivity index (χ0n) is 27.1. The summed E-state index contributed by atoms with van der Waals surface area (Å²) < 4.78 is 43.9. The highest BCUT2D eigenvalue weighted by atomic mass is 32.2. The fraction of sp³-hybridized carbons (Fsp3) is 0.324. The Kier molecular flexibility index (Phi) is 11.7. The van der Waals surface area contributed by atoms with Crippen molar-refractivity contribution in [3.63, 3.8) is 0 Å². The number of carboxylic acids is 1. The summed E-state index contributed by atoms with van der Waals surface area (Å²) in [5.41, 5.74) is 0.913. The van der Waals surface area contributed by atoms with Gasteiger partial charge in [0.1, 0.15) is 11.9 Å². The third-order valence-corrected chi connectivity index (χ3v) is 9.96. The third-order valence-electron chi connectivity index (χ3n) is 7.78. The summed E-state index contributed by atoms with van der Waals surface area (Å²) in [4.78, 5) is 63.8. The van der Waals surface area contributed by atoms with E-state index in [0.717, 1.165) is 11.0 Å². The molecule has 1 saturated heterocycles. The highest BCUT2D eigenvalue weighted by Gasteiger charge is 2.53. The van der Waals surface area contributed by atoms with Crippen LogP contribution in [0.25, 0.3) is 0 Å². The third kappa shape index (κ3) is 9.19. The van der Waals surface area contributed by atoms with Gasteiger partial charge in [0.05, 0.1) is 29.2 Å². The van der Waals surface area contributed by atoms with Crippen LogP contribution in [0.15, 0.2) is 77.7 Å². The van der Waals surface area contributed by atoms with Crippen LogP contribution < -0.4 is 21.3 Å². The van der Waals surface area contributed by atoms with Crippen LogP contribution in [0.2, 0.25) is 0 Å². The predicted octanol–water partition coefficient (Wildman–Crippen LogP) is 3.49. The summed E-state index contributed by atoms with van der Waals surface area (Å²) in [6, 6.07) is 13.2. The summed E-state index contributed by atoms with van der Waals surface area (Å²) in [6.07, 6.45) is -0.640. The topological polar surface area (TPSA) is 191 Å². The van der Waals surface area contributed by atoms with Crippen molar-refractivity contribution < 1.29 is 41.9 Å². The number of nitrogens with zero attached hydrogens (tertiary/aromatic N) is 1. The number of amides is 5. The Balaban J connectivity index is 1.68. The van der Waals surface area contributed by atoms with Crippen LogP contribution in [-0.2, 0) is 35.4 Å². The van der Waals surface area contributed by atoms with Gasteiger partial charge in [0.15, 0.2) is 9.84 Å². The number of carbonyl (C=O) groups excluding carboxylic acids is 4. The molecule has 15 heteroatoms. The van der Waals surface area contributed by atoms with Crippen molar-refractivity contribution in [3.05, 3.63) is 89.7 Å². The molecule has 5 amide bonds. The summed E-state index contributed by atoms with van der Waals surface area (Å²) >= 11 is 0. The van der Waals surface area contributed by atoms with E-state index in [1.165, 1.54) is 61.5 Å². The predicted molar refractivity (Wildman–Crippen MR) is 179 cm³/mol. The molecule has 0 spiro atoms. The number of urea groups is 1. The molecular formula is C34H38FN5O8S. The van der Waals surface area contributed by atoms with E-state index in [4.69, 9.17) is 5.11 Å². The molecule has 260 valence electrons. The Labute approximate surface area is 283 Å². The first-order valence-electron chi connectivity index (χ1n) is 15.5. The maximum absolute atomic E-state index is 15.5. The van der Waals surface area contributed by atoms with Gasteiger partial charge >= 0.3 is 12.0 Å². The Morgan fingerprint density at radius 3 is 2.24 bits per heavy atom. The van der Waals surface area contributed by atoms with E-state index in [1.807, 2.05) is 13.8 Å². The molecule has 1 fully saturated rings. The first kappa shape index (κ1) is 36.5. The average molecular weight is 696 g/mol. The van der Waals surface area contributed by atoms with E-state index in [-0.39, 0.29) is 47.4 Å². The van der Waals surface area contributed by atoms with E-state index in [2.05, 4.69) is 21.3 Å². The molecule has 3 aromatic carbocycles. The molecule has 49 heavy (non-hydrogen) atoms. The lowest BCUT2D eigenvalue weighted by Crippen LogP contribution is -2.50. The van der Waals surface area contributed by atoms with Crippen LogP contribution in [0.1, 0.15) is 44.4 Å². The second kappa shape index (κ2) is 15.7. The number of hydrogen-bond donors (Lipinski definition) is 5. The van der Waals surface area contributed by atoms with Gasteiger partial charge in [0.2, 0.25) is 17.7 Å². The van der Waals surface area contributed by atoms with Crippen molar-refractivity contribution in [1.82, 2.24) is 15.5 Å². The van der Waals surface area contributed by atoms with Crippen molar-refractivity contribution in [1.29, 1.82) is 0 Å². The second-order valence-electron chi connectivity index (χ2n) is 12.0. The zero-order chi connectivity index (χ0) is 35.9. The molecule has 1 aliphatic heterocycles. The number of carboxylic acid groups (broad SMARTS) is 1. The number of nitrogens with one attached hydrogen (secondary N) is 4. The number of carbonyl (C=O) groups is 5. The van der Waals surface area contributed by atoms with Crippen molar-refractivity contribution in [2.45, 2.75) is 55.8 Å². The van der Waals surface area contributed by atoms with Gasteiger partial charge in [-0.15, -0.1) is 0 Å². The van der Waals surface area contributed by atoms with Gasteiger partial charge in [-0.3, -0.25) is 19.2 Å². The normalized spacial score (nSPS) is 17.3. The van der Waals surface area contributed by atoms with Crippen molar-refractivity contribution in [2.24, 2.45) is 5.92 Å². The van der Waals surface area contributed by atoms with E-state index >= 15 is 4.39 Å². The molecule has 0 saturated carbocycles. The van der Waals surface area contributed by atoms with E-state index < -0.39 is 63.3 Å². The summed E-state index contributed by atoms with van der Waals surface area (Å²) in [6.45, 7) is 4.56. The molecule has 1 heterocycles. The average Bonchev–Trinajstić information content (AvgIpc) is 3.44. The summed E-state index contributed by atoms with van der Waals surface area (Å²) in [5, 5.41) is 17.8. The molecule has 3 atom stereocenters. The Morgan fingerprint density at radius 2 is 1.61 bits per heavy atom. The van der Waals surface area contributed by atoms with Gasteiger partial charge in [0.25, 0.3) is 0 Å². The molecular weight excluding hydrogens is 657 g/mol. The largest absolute Gasteiger partial charge is 0.481 e. The van der Waals surface area contributed by atoms with Gasteiger partial charge in [-0.05, 0) is 60.4 Å². The maximum Gasteiger partial charge on any atom is 0.319 e. The number of rotatable bonds is 12. The molecule has 0 aromatic heterocycles. The first-order chi connectivity index (χ1) is 23.2. The van der Waals surface area contributed by atoms with Crippen LogP contribution in [0.5, 0.6) is 0 Å². The molecule has 0 radical (unpaired) electrons. The molecule has 4 rings (SSSR count). The summed E-state index contributed by atoms with van der Waals surface area (Å²) in [7, 11) is -4.34. The monoisotopic (exact) mass is 695 g/mol. The Morgan fingerprint density at radius 1 is 0.918 bits per heavy atom.